The third-order valence-electron chi connectivity index (χ3n) is 8.74. The second-order valence-electron chi connectivity index (χ2n) is 11.5. The molecule has 2 fully saturated rings. The molecule has 226 valence electrons. The molecule has 1 saturated heterocycles. The topological polar surface area (TPSA) is 76.9 Å². The summed E-state index contributed by atoms with van der Waals surface area (Å²) in [5.74, 6) is -2.13. The number of fused-ring (bicyclic) bond motifs is 1. The molecule has 0 spiro atoms. The first-order chi connectivity index (χ1) is 20.3. The van der Waals surface area contributed by atoms with E-state index in [0.717, 1.165) is 66.9 Å². The molecule has 1 atom stereocenters. The Morgan fingerprint density at radius 3 is 2.60 bits per heavy atom. The normalized spacial score (nSPS) is 18.6. The van der Waals surface area contributed by atoms with Crippen LogP contribution in [-0.4, -0.2) is 29.6 Å². The van der Waals surface area contributed by atoms with E-state index < -0.39 is 17.3 Å². The van der Waals surface area contributed by atoms with E-state index in [1.165, 1.54) is 12.7 Å². The summed E-state index contributed by atoms with van der Waals surface area (Å²) in [5.41, 5.74) is 2.93. The van der Waals surface area contributed by atoms with E-state index in [-0.39, 0.29) is 11.6 Å². The number of halogens is 2. The molecule has 2 aliphatic heterocycles. The van der Waals surface area contributed by atoms with E-state index in [2.05, 4.69) is 45.1 Å². The first-order valence-electron chi connectivity index (χ1n) is 15.7. The van der Waals surface area contributed by atoms with Gasteiger partial charge in [0.25, 0.3) is 5.92 Å². The molecule has 1 aromatic heterocycles. The van der Waals surface area contributed by atoms with Crippen LogP contribution in [0.4, 0.5) is 20.4 Å². The summed E-state index contributed by atoms with van der Waals surface area (Å²) < 4.78 is 30.9. The molecule has 3 aliphatic rings. The van der Waals surface area contributed by atoms with Crippen LogP contribution in [0.15, 0.2) is 48.4 Å². The van der Waals surface area contributed by atoms with E-state index in [1.807, 2.05) is 32.9 Å². The Balaban J connectivity index is 0.00000198. The van der Waals surface area contributed by atoms with Crippen molar-refractivity contribution in [1.29, 1.82) is 5.26 Å². The van der Waals surface area contributed by atoms with E-state index in [9.17, 15) is 5.26 Å². The highest BCUT2D eigenvalue weighted by atomic mass is 19.3. The molecule has 1 aromatic carbocycles. The smallest absolute Gasteiger partial charge is 0.276 e. The highest BCUT2D eigenvalue weighted by Crippen LogP contribution is 2.56. The van der Waals surface area contributed by atoms with Crippen LogP contribution in [0.2, 0.25) is 0 Å². The highest BCUT2D eigenvalue weighted by Gasteiger charge is 2.49. The van der Waals surface area contributed by atoms with Gasteiger partial charge in [0.05, 0.1) is 17.0 Å². The summed E-state index contributed by atoms with van der Waals surface area (Å²) in [6.07, 6.45) is 10.6. The zero-order valence-electron chi connectivity index (χ0n) is 25.6. The van der Waals surface area contributed by atoms with Crippen LogP contribution < -0.4 is 15.5 Å². The zero-order valence-corrected chi connectivity index (χ0v) is 25.6. The predicted octanol–water partition coefficient (Wildman–Crippen LogP) is 8.37. The Kier molecular flexibility index (Phi) is 10.4. The summed E-state index contributed by atoms with van der Waals surface area (Å²) in [7, 11) is 0. The van der Waals surface area contributed by atoms with Gasteiger partial charge in [0.15, 0.2) is 0 Å². The minimum Gasteiger partial charge on any atom is -0.363 e. The second kappa shape index (κ2) is 13.8. The lowest BCUT2D eigenvalue weighted by Gasteiger charge is -2.34. The van der Waals surface area contributed by atoms with Gasteiger partial charge in [-0.2, -0.15) is 5.26 Å². The molecule has 0 unspecified atom stereocenters. The quantitative estimate of drug-likeness (QED) is 0.262. The van der Waals surface area contributed by atoms with E-state index in [0.29, 0.717) is 31.7 Å². The lowest BCUT2D eigenvalue weighted by molar-refractivity contribution is -0.0754. The number of aromatic nitrogens is 2. The van der Waals surface area contributed by atoms with Crippen LogP contribution in [0.1, 0.15) is 102 Å². The van der Waals surface area contributed by atoms with Crippen LogP contribution in [0.5, 0.6) is 0 Å². The second-order valence-corrected chi connectivity index (χ2v) is 11.5. The number of anilines is 2. The van der Waals surface area contributed by atoms with Gasteiger partial charge in [0.2, 0.25) is 0 Å². The van der Waals surface area contributed by atoms with Gasteiger partial charge in [-0.15, -0.1) is 0 Å². The molecule has 3 heterocycles. The Morgan fingerprint density at radius 2 is 1.93 bits per heavy atom. The number of unbranched alkanes of at least 4 members (excludes halogenated alkanes) is 3. The van der Waals surface area contributed by atoms with Crippen molar-refractivity contribution in [3.63, 3.8) is 0 Å². The Labute approximate surface area is 250 Å². The van der Waals surface area contributed by atoms with Gasteiger partial charge in [0.1, 0.15) is 18.0 Å². The number of hydrogen-bond acceptors (Lipinski definition) is 6. The van der Waals surface area contributed by atoms with Crippen molar-refractivity contribution in [1.82, 2.24) is 15.3 Å². The maximum atomic E-state index is 15.4. The number of allylic oxidation sites excluding steroid dienone is 1. The Morgan fingerprint density at radius 1 is 1.19 bits per heavy atom. The lowest BCUT2D eigenvalue weighted by atomic mass is 9.86. The molecule has 6 nitrogen and oxygen atoms in total. The molecular formula is C34H46F2N6. The van der Waals surface area contributed by atoms with Gasteiger partial charge < -0.3 is 15.5 Å². The molecule has 1 aliphatic carbocycles. The molecule has 1 saturated carbocycles. The number of hydrogen-bond donors (Lipinski definition) is 2. The summed E-state index contributed by atoms with van der Waals surface area (Å²) in [6, 6.07) is 9.02. The number of nitriles is 1. The Hall–Kier alpha value is -3.31. The largest absolute Gasteiger partial charge is 0.363 e. The molecule has 2 aromatic rings. The molecule has 8 heteroatoms. The number of nitrogens with zero attached hydrogens (tertiary/aromatic N) is 4. The minimum absolute atomic E-state index is 0.0664. The van der Waals surface area contributed by atoms with Gasteiger partial charge in [-0.1, -0.05) is 64.8 Å². The maximum absolute atomic E-state index is 15.4. The van der Waals surface area contributed by atoms with Crippen molar-refractivity contribution in [3.05, 3.63) is 65.1 Å². The van der Waals surface area contributed by atoms with Crippen molar-refractivity contribution in [2.24, 2.45) is 11.3 Å². The van der Waals surface area contributed by atoms with Crippen LogP contribution in [-0.2, 0) is 5.92 Å². The van der Waals surface area contributed by atoms with Gasteiger partial charge >= 0.3 is 0 Å². The number of piperidine rings is 1. The maximum Gasteiger partial charge on any atom is 0.276 e. The fourth-order valence-corrected chi connectivity index (χ4v) is 5.99. The van der Waals surface area contributed by atoms with E-state index in [1.54, 1.807) is 18.2 Å². The third kappa shape index (κ3) is 6.52. The van der Waals surface area contributed by atoms with E-state index >= 15 is 8.78 Å². The van der Waals surface area contributed by atoms with Crippen molar-refractivity contribution < 1.29 is 8.78 Å². The average Bonchev–Trinajstić information content (AvgIpc) is 3.83. The van der Waals surface area contributed by atoms with Crippen LogP contribution in [0, 0.1) is 22.7 Å². The molecule has 0 bridgehead atoms. The number of benzene rings is 1. The molecule has 5 rings (SSSR count). The van der Waals surface area contributed by atoms with Crippen molar-refractivity contribution >= 4 is 17.7 Å². The van der Waals surface area contributed by atoms with Gasteiger partial charge in [-0.3, -0.25) is 0 Å². The van der Waals surface area contributed by atoms with Crippen LogP contribution >= 0.6 is 0 Å². The SMILES string of the molecule is C=C1C(C2(C#N)CC2)=Cc2c(N[C@H](C)c3cccc(C(F)(F)C4CCNCC4)c3)ncnc2N1CCCCCC.CC. The van der Waals surface area contributed by atoms with E-state index in [4.69, 9.17) is 0 Å². The van der Waals surface area contributed by atoms with Gasteiger partial charge in [0, 0.05) is 29.8 Å². The zero-order chi connectivity index (χ0) is 30.3. The standard InChI is InChI=1S/C32H40F2N6.C2H6/c1-4-5-6-7-17-40-23(3)28(31(20-35)13-14-31)19-27-29(37-21-38-30(27)40)39-22(2)24-9-8-10-26(18-24)32(33,34)25-11-15-36-16-12-25;1-2/h8-10,18-19,21-22,25,36H,3-7,11-17H2,1-2H3,(H,37,38,39);1-2H3/t22-;/m1./s1. The fourth-order valence-electron chi connectivity index (χ4n) is 5.99. The summed E-state index contributed by atoms with van der Waals surface area (Å²) >= 11 is 0. The summed E-state index contributed by atoms with van der Waals surface area (Å²) in [5, 5.41) is 16.6. The summed E-state index contributed by atoms with van der Waals surface area (Å²) in [4.78, 5) is 11.3. The first kappa shape index (κ1) is 31.6. The lowest BCUT2D eigenvalue weighted by Crippen LogP contribution is -2.36. The highest BCUT2D eigenvalue weighted by molar-refractivity contribution is 5.84. The number of rotatable bonds is 11. The van der Waals surface area contributed by atoms with Crippen molar-refractivity contribution in [3.8, 4) is 6.07 Å². The molecule has 2 N–H and O–H groups in total. The van der Waals surface area contributed by atoms with Crippen molar-refractivity contribution in [2.45, 2.75) is 91.0 Å². The number of nitrogens with one attached hydrogen (secondary N) is 2. The predicted molar refractivity (Wildman–Crippen MR) is 167 cm³/mol. The third-order valence-corrected chi connectivity index (χ3v) is 8.74. The Bertz CT molecular complexity index is 1300. The fraction of sp³-hybridized carbons (Fsp3) is 0.559. The van der Waals surface area contributed by atoms with Crippen LogP contribution in [0.25, 0.3) is 6.08 Å². The molecule has 0 radical (unpaired) electrons. The van der Waals surface area contributed by atoms with Crippen molar-refractivity contribution in [2.75, 3.05) is 29.9 Å². The van der Waals surface area contributed by atoms with Gasteiger partial charge in [-0.25, -0.2) is 18.7 Å². The monoisotopic (exact) mass is 576 g/mol. The number of alkyl halides is 2. The molecule has 0 amide bonds. The van der Waals surface area contributed by atoms with Gasteiger partial charge in [-0.05, 0) is 75.4 Å². The summed E-state index contributed by atoms with van der Waals surface area (Å²) in [6.45, 7) is 14.6. The molecular weight excluding hydrogens is 530 g/mol. The first-order valence-corrected chi connectivity index (χ1v) is 15.7. The average molecular weight is 577 g/mol. The minimum atomic E-state index is -2.88. The molecule has 42 heavy (non-hydrogen) atoms. The van der Waals surface area contributed by atoms with Crippen LogP contribution in [0.3, 0.4) is 0 Å².